The van der Waals surface area contributed by atoms with Crippen LogP contribution in [-0.4, -0.2) is 24.5 Å². The molecule has 102 valence electrons. The van der Waals surface area contributed by atoms with Crippen LogP contribution in [0.15, 0.2) is 24.3 Å². The summed E-state index contributed by atoms with van der Waals surface area (Å²) < 4.78 is 0. The van der Waals surface area contributed by atoms with Crippen molar-refractivity contribution in [3.05, 3.63) is 35.4 Å². The Balaban J connectivity index is 2.67. The van der Waals surface area contributed by atoms with Gasteiger partial charge in [-0.25, -0.2) is 0 Å². The van der Waals surface area contributed by atoms with Crippen LogP contribution < -0.4 is 5.73 Å². The molecule has 1 aromatic rings. The quantitative estimate of drug-likeness (QED) is 0.803. The molecule has 0 radical (unpaired) electrons. The van der Waals surface area contributed by atoms with E-state index in [4.69, 9.17) is 5.73 Å². The maximum atomic E-state index is 5.96. The van der Waals surface area contributed by atoms with E-state index in [0.29, 0.717) is 12.0 Å². The number of hydrogen-bond acceptors (Lipinski definition) is 2. The number of hydrogen-bond donors (Lipinski definition) is 1. The maximum absolute atomic E-state index is 5.96. The zero-order chi connectivity index (χ0) is 13.5. The molecule has 0 heterocycles. The van der Waals surface area contributed by atoms with E-state index in [1.54, 1.807) is 0 Å². The van der Waals surface area contributed by atoms with Crippen molar-refractivity contribution in [1.82, 2.24) is 4.90 Å². The molecular weight excluding hydrogens is 220 g/mol. The zero-order valence-electron chi connectivity index (χ0n) is 12.3. The van der Waals surface area contributed by atoms with Crippen LogP contribution in [0.1, 0.15) is 37.8 Å². The van der Waals surface area contributed by atoms with Gasteiger partial charge in [-0.2, -0.15) is 0 Å². The predicted octanol–water partition coefficient (Wildman–Crippen LogP) is 3.19. The Bertz CT molecular complexity index is 327. The van der Waals surface area contributed by atoms with Crippen LogP contribution in [0, 0.1) is 12.8 Å². The van der Waals surface area contributed by atoms with Crippen LogP contribution in [0.5, 0.6) is 0 Å². The van der Waals surface area contributed by atoms with Crippen molar-refractivity contribution >= 4 is 0 Å². The van der Waals surface area contributed by atoms with E-state index in [1.165, 1.54) is 24.0 Å². The average molecular weight is 248 g/mol. The first-order chi connectivity index (χ1) is 8.62. The Hall–Kier alpha value is -0.860. The Labute approximate surface area is 112 Å². The van der Waals surface area contributed by atoms with Crippen LogP contribution in [0.3, 0.4) is 0 Å². The summed E-state index contributed by atoms with van der Waals surface area (Å²) in [6, 6.07) is 9.27. The van der Waals surface area contributed by atoms with Crippen LogP contribution in [0.2, 0.25) is 0 Å². The fourth-order valence-corrected chi connectivity index (χ4v) is 2.66. The minimum absolute atomic E-state index is 0.487. The Morgan fingerprint density at radius 3 is 2.11 bits per heavy atom. The summed E-state index contributed by atoms with van der Waals surface area (Å²) in [7, 11) is 2.19. The molecule has 0 aliphatic carbocycles. The lowest BCUT2D eigenvalue weighted by Gasteiger charge is -2.33. The van der Waals surface area contributed by atoms with E-state index < -0.39 is 0 Å². The molecule has 0 saturated carbocycles. The second-order valence-electron chi connectivity index (χ2n) is 5.28. The smallest absolute Gasteiger partial charge is 0.0246 e. The summed E-state index contributed by atoms with van der Waals surface area (Å²) in [6.07, 6.45) is 2.41. The van der Waals surface area contributed by atoms with Gasteiger partial charge in [-0.15, -0.1) is 0 Å². The Morgan fingerprint density at radius 2 is 1.67 bits per heavy atom. The van der Waals surface area contributed by atoms with Crippen molar-refractivity contribution in [1.29, 1.82) is 0 Å². The molecule has 0 bridgehead atoms. The van der Waals surface area contributed by atoms with Gasteiger partial charge in [0.25, 0.3) is 0 Å². The summed E-state index contributed by atoms with van der Waals surface area (Å²) >= 11 is 0. The SMILES string of the molecule is CCC(CC)C(CN)N(C)Cc1ccc(C)cc1. The molecule has 0 spiro atoms. The molecular formula is C16H28N2. The van der Waals surface area contributed by atoms with Gasteiger partial charge >= 0.3 is 0 Å². The second-order valence-corrected chi connectivity index (χ2v) is 5.28. The molecule has 2 N–H and O–H groups in total. The fourth-order valence-electron chi connectivity index (χ4n) is 2.66. The van der Waals surface area contributed by atoms with Gasteiger partial charge in [-0.05, 0) is 25.5 Å². The zero-order valence-corrected chi connectivity index (χ0v) is 12.3. The molecule has 0 fully saturated rings. The van der Waals surface area contributed by atoms with Gasteiger partial charge < -0.3 is 5.73 Å². The third-order valence-electron chi connectivity index (χ3n) is 3.95. The fraction of sp³-hybridized carbons (Fsp3) is 0.625. The van der Waals surface area contributed by atoms with Gasteiger partial charge in [-0.1, -0.05) is 56.5 Å². The summed E-state index contributed by atoms with van der Waals surface area (Å²) in [5.74, 6) is 0.699. The van der Waals surface area contributed by atoms with Crippen LogP contribution in [-0.2, 0) is 6.54 Å². The monoisotopic (exact) mass is 248 g/mol. The van der Waals surface area contributed by atoms with Crippen molar-refractivity contribution in [3.8, 4) is 0 Å². The average Bonchev–Trinajstić information content (AvgIpc) is 2.38. The Morgan fingerprint density at radius 1 is 1.11 bits per heavy atom. The molecule has 18 heavy (non-hydrogen) atoms. The minimum Gasteiger partial charge on any atom is -0.329 e. The van der Waals surface area contributed by atoms with Crippen molar-refractivity contribution in [2.24, 2.45) is 11.7 Å². The van der Waals surface area contributed by atoms with Crippen LogP contribution >= 0.6 is 0 Å². The predicted molar refractivity (Wildman–Crippen MR) is 79.6 cm³/mol. The molecule has 0 aliphatic heterocycles. The number of nitrogens with two attached hydrogens (primary N) is 1. The van der Waals surface area contributed by atoms with Gasteiger partial charge in [0.2, 0.25) is 0 Å². The molecule has 1 aromatic carbocycles. The van der Waals surface area contributed by atoms with Gasteiger partial charge in [0.05, 0.1) is 0 Å². The highest BCUT2D eigenvalue weighted by molar-refractivity contribution is 5.21. The summed E-state index contributed by atoms with van der Waals surface area (Å²) in [4.78, 5) is 2.41. The first-order valence-corrected chi connectivity index (χ1v) is 7.08. The first-order valence-electron chi connectivity index (χ1n) is 7.08. The second kappa shape index (κ2) is 7.55. The largest absolute Gasteiger partial charge is 0.329 e. The molecule has 0 saturated heterocycles. The van der Waals surface area contributed by atoms with Gasteiger partial charge in [0, 0.05) is 19.1 Å². The maximum Gasteiger partial charge on any atom is 0.0246 e. The van der Waals surface area contributed by atoms with Crippen molar-refractivity contribution in [3.63, 3.8) is 0 Å². The number of benzene rings is 1. The molecule has 2 nitrogen and oxygen atoms in total. The summed E-state index contributed by atoms with van der Waals surface area (Å²) in [6.45, 7) is 8.38. The molecule has 0 aromatic heterocycles. The van der Waals surface area contributed by atoms with Crippen LogP contribution in [0.4, 0.5) is 0 Å². The highest BCUT2D eigenvalue weighted by atomic mass is 15.1. The highest BCUT2D eigenvalue weighted by Crippen LogP contribution is 2.19. The van der Waals surface area contributed by atoms with Crippen molar-refractivity contribution in [2.75, 3.05) is 13.6 Å². The third kappa shape index (κ3) is 4.11. The van der Waals surface area contributed by atoms with E-state index in [9.17, 15) is 0 Å². The standard InChI is InChI=1S/C16H28N2/c1-5-15(6-2)16(11-17)18(4)12-14-9-7-13(3)8-10-14/h7-10,15-16H,5-6,11-12,17H2,1-4H3. The lowest BCUT2D eigenvalue weighted by atomic mass is 9.93. The van der Waals surface area contributed by atoms with Crippen LogP contribution in [0.25, 0.3) is 0 Å². The normalized spacial score (nSPS) is 13.3. The van der Waals surface area contributed by atoms with E-state index in [-0.39, 0.29) is 0 Å². The Kier molecular flexibility index (Phi) is 6.37. The first kappa shape index (κ1) is 15.2. The van der Waals surface area contributed by atoms with Gasteiger partial charge in [0.15, 0.2) is 0 Å². The number of aryl methyl sites for hydroxylation is 1. The third-order valence-corrected chi connectivity index (χ3v) is 3.95. The molecule has 0 amide bonds. The van der Waals surface area contributed by atoms with Crippen molar-refractivity contribution < 1.29 is 0 Å². The lowest BCUT2D eigenvalue weighted by Crippen LogP contribution is -2.42. The highest BCUT2D eigenvalue weighted by Gasteiger charge is 2.21. The molecule has 1 unspecified atom stereocenters. The van der Waals surface area contributed by atoms with Crippen molar-refractivity contribution in [2.45, 2.75) is 46.2 Å². The number of likely N-dealkylation sites (N-methyl/N-ethyl adjacent to an activating group) is 1. The minimum atomic E-state index is 0.487. The molecule has 2 heteroatoms. The lowest BCUT2D eigenvalue weighted by molar-refractivity contribution is 0.165. The van der Waals surface area contributed by atoms with E-state index in [0.717, 1.165) is 13.1 Å². The molecule has 1 rings (SSSR count). The summed E-state index contributed by atoms with van der Waals surface area (Å²) in [5, 5.41) is 0. The number of rotatable bonds is 7. The molecule has 0 aliphatic rings. The van der Waals surface area contributed by atoms with E-state index in [1.807, 2.05) is 0 Å². The van der Waals surface area contributed by atoms with E-state index >= 15 is 0 Å². The van der Waals surface area contributed by atoms with Gasteiger partial charge in [0.1, 0.15) is 0 Å². The number of nitrogens with zero attached hydrogens (tertiary/aromatic N) is 1. The van der Waals surface area contributed by atoms with E-state index in [2.05, 4.69) is 57.0 Å². The molecule has 1 atom stereocenters. The van der Waals surface area contributed by atoms with Gasteiger partial charge in [-0.3, -0.25) is 4.90 Å². The summed E-state index contributed by atoms with van der Waals surface area (Å²) in [5.41, 5.74) is 8.65. The topological polar surface area (TPSA) is 29.3 Å².